The molecule has 2 rings (SSSR count). The van der Waals surface area contributed by atoms with Crippen LogP contribution in [-0.2, 0) is 9.84 Å². The maximum absolute atomic E-state index is 12.2. The molecule has 0 atom stereocenters. The molecule has 4 nitrogen and oxygen atoms in total. The largest absolute Gasteiger partial charge is 0.365 e. The van der Waals surface area contributed by atoms with Gasteiger partial charge in [-0.3, -0.25) is 0 Å². The summed E-state index contributed by atoms with van der Waals surface area (Å²) >= 11 is 0. The molecule has 106 valence electrons. The van der Waals surface area contributed by atoms with Gasteiger partial charge in [0, 0.05) is 19.6 Å². The number of benzene rings is 1. The van der Waals surface area contributed by atoms with E-state index in [4.69, 9.17) is 0 Å². The molecular weight excluding hydrogens is 260 g/mol. The lowest BCUT2D eigenvalue weighted by Crippen LogP contribution is -2.57. The van der Waals surface area contributed by atoms with Crippen LogP contribution in [0, 0.1) is 0 Å². The van der Waals surface area contributed by atoms with Gasteiger partial charge in [-0.25, -0.2) is 8.42 Å². The van der Waals surface area contributed by atoms with Gasteiger partial charge in [-0.05, 0) is 18.6 Å². The van der Waals surface area contributed by atoms with Crippen LogP contribution >= 0.6 is 0 Å². The fourth-order valence-corrected chi connectivity index (χ4v) is 3.45. The number of nitrogens with one attached hydrogen (secondary N) is 1. The van der Waals surface area contributed by atoms with Crippen molar-refractivity contribution in [2.24, 2.45) is 0 Å². The second kappa shape index (κ2) is 5.92. The van der Waals surface area contributed by atoms with Crippen LogP contribution in [0.2, 0.25) is 0 Å². The molecule has 1 N–H and O–H groups in total. The highest BCUT2D eigenvalue weighted by Gasteiger charge is 2.28. The maximum atomic E-state index is 12.2. The zero-order chi connectivity index (χ0) is 13.9. The van der Waals surface area contributed by atoms with E-state index in [9.17, 15) is 8.42 Å². The Morgan fingerprint density at radius 3 is 2.47 bits per heavy atom. The van der Waals surface area contributed by atoms with Crippen molar-refractivity contribution in [3.63, 3.8) is 0 Å². The van der Waals surface area contributed by atoms with Crippen molar-refractivity contribution < 1.29 is 8.42 Å². The Morgan fingerprint density at radius 1 is 1.26 bits per heavy atom. The summed E-state index contributed by atoms with van der Waals surface area (Å²) in [6.07, 6.45) is 1.01. The molecule has 0 spiro atoms. The van der Waals surface area contributed by atoms with Gasteiger partial charge in [0.1, 0.15) is 0 Å². The van der Waals surface area contributed by atoms with Crippen molar-refractivity contribution in [3.05, 3.63) is 24.3 Å². The molecule has 1 aromatic carbocycles. The van der Waals surface area contributed by atoms with Crippen molar-refractivity contribution in [2.45, 2.75) is 31.2 Å². The van der Waals surface area contributed by atoms with E-state index in [0.29, 0.717) is 10.9 Å². The van der Waals surface area contributed by atoms with Gasteiger partial charge >= 0.3 is 0 Å². The topological polar surface area (TPSA) is 49.4 Å². The minimum Gasteiger partial charge on any atom is -0.365 e. The molecule has 1 aliphatic rings. The van der Waals surface area contributed by atoms with E-state index >= 15 is 0 Å². The highest BCUT2D eigenvalue weighted by molar-refractivity contribution is 7.91. The second-order valence-electron chi connectivity index (χ2n) is 4.88. The Bertz CT molecular complexity index is 524. The average Bonchev–Trinajstić information content (AvgIpc) is 2.36. The lowest BCUT2D eigenvalue weighted by atomic mass is 10.1. The van der Waals surface area contributed by atoms with E-state index in [1.165, 1.54) is 0 Å². The number of hydrogen-bond acceptors (Lipinski definition) is 4. The third kappa shape index (κ3) is 2.92. The van der Waals surface area contributed by atoms with Gasteiger partial charge < -0.3 is 10.2 Å². The van der Waals surface area contributed by atoms with E-state index in [0.717, 1.165) is 31.7 Å². The molecule has 0 bridgehead atoms. The predicted molar refractivity (Wildman–Crippen MR) is 78.5 cm³/mol. The molecular formula is C14H22N2O2S. The van der Waals surface area contributed by atoms with Gasteiger partial charge in [-0.1, -0.05) is 26.0 Å². The molecule has 0 unspecified atom stereocenters. The van der Waals surface area contributed by atoms with Crippen LogP contribution in [0.4, 0.5) is 5.69 Å². The van der Waals surface area contributed by atoms with Crippen LogP contribution in [-0.4, -0.2) is 39.8 Å². The predicted octanol–water partition coefficient (Wildman–Crippen LogP) is 1.67. The number of para-hydroxylation sites is 1. The van der Waals surface area contributed by atoms with Crippen LogP contribution in [0.1, 0.15) is 20.3 Å². The van der Waals surface area contributed by atoms with Gasteiger partial charge in [-0.2, -0.15) is 0 Å². The first-order valence-electron chi connectivity index (χ1n) is 6.89. The molecule has 19 heavy (non-hydrogen) atoms. The lowest BCUT2D eigenvalue weighted by molar-refractivity contribution is 0.411. The lowest BCUT2D eigenvalue weighted by Gasteiger charge is -2.40. The summed E-state index contributed by atoms with van der Waals surface area (Å²) in [5.41, 5.74) is 0.859. The van der Waals surface area contributed by atoms with Crippen molar-refractivity contribution in [1.82, 2.24) is 5.32 Å². The Hall–Kier alpha value is -1.07. The molecule has 1 saturated heterocycles. The van der Waals surface area contributed by atoms with Crippen molar-refractivity contribution in [3.8, 4) is 0 Å². The molecule has 1 heterocycles. The molecule has 1 aliphatic heterocycles. The Labute approximate surface area is 115 Å². The maximum Gasteiger partial charge on any atom is 0.180 e. The average molecular weight is 282 g/mol. The van der Waals surface area contributed by atoms with E-state index in [2.05, 4.69) is 17.1 Å². The highest BCUT2D eigenvalue weighted by Crippen LogP contribution is 2.28. The summed E-state index contributed by atoms with van der Waals surface area (Å²) in [7, 11) is -3.17. The Kier molecular flexibility index (Phi) is 4.47. The van der Waals surface area contributed by atoms with E-state index in [-0.39, 0.29) is 5.75 Å². The van der Waals surface area contributed by atoms with Crippen LogP contribution in [0.5, 0.6) is 0 Å². The highest BCUT2D eigenvalue weighted by atomic mass is 32.2. The zero-order valence-electron chi connectivity index (χ0n) is 11.6. The first kappa shape index (κ1) is 14.3. The molecule has 1 fully saturated rings. The minimum atomic E-state index is -3.17. The Morgan fingerprint density at radius 2 is 1.95 bits per heavy atom. The third-order valence-electron chi connectivity index (χ3n) is 3.55. The number of nitrogens with zero attached hydrogens (tertiary/aromatic N) is 1. The summed E-state index contributed by atoms with van der Waals surface area (Å²) in [5, 5.41) is 3.25. The molecule has 1 aromatic rings. The normalized spacial score (nSPS) is 16.1. The molecule has 0 aliphatic carbocycles. The van der Waals surface area contributed by atoms with E-state index < -0.39 is 9.84 Å². The van der Waals surface area contributed by atoms with Crippen molar-refractivity contribution in [1.29, 1.82) is 0 Å². The van der Waals surface area contributed by atoms with Gasteiger partial charge in [0.25, 0.3) is 0 Å². The van der Waals surface area contributed by atoms with Crippen LogP contribution < -0.4 is 10.2 Å². The summed E-state index contributed by atoms with van der Waals surface area (Å²) < 4.78 is 24.4. The molecule has 0 saturated carbocycles. The van der Waals surface area contributed by atoms with E-state index in [1.54, 1.807) is 19.1 Å². The monoisotopic (exact) mass is 282 g/mol. The fraction of sp³-hybridized carbons (Fsp3) is 0.571. The molecule has 5 heteroatoms. The Balaban J connectivity index is 2.41. The molecule has 0 radical (unpaired) electrons. The first-order chi connectivity index (χ1) is 9.10. The molecule has 0 aromatic heterocycles. The van der Waals surface area contributed by atoms with E-state index in [1.807, 2.05) is 12.1 Å². The number of anilines is 1. The van der Waals surface area contributed by atoms with Crippen LogP contribution in [0.25, 0.3) is 0 Å². The standard InChI is InChI=1S/C14H22N2O2S/c1-3-9-16(12-10-15-11-12)13-7-5-6-8-14(13)19(17,18)4-2/h5-8,12,15H,3-4,9-11H2,1-2H3. The van der Waals surface area contributed by atoms with Gasteiger partial charge in [0.15, 0.2) is 9.84 Å². The van der Waals surface area contributed by atoms with Crippen molar-refractivity contribution >= 4 is 15.5 Å². The quantitative estimate of drug-likeness (QED) is 0.862. The van der Waals surface area contributed by atoms with Crippen molar-refractivity contribution in [2.75, 3.05) is 30.3 Å². The summed E-state index contributed by atoms with van der Waals surface area (Å²) in [5.74, 6) is 0.146. The summed E-state index contributed by atoms with van der Waals surface area (Å²) in [6, 6.07) is 7.78. The van der Waals surface area contributed by atoms with Gasteiger partial charge in [-0.15, -0.1) is 0 Å². The minimum absolute atomic E-state index is 0.146. The second-order valence-corrected chi connectivity index (χ2v) is 7.12. The number of hydrogen-bond donors (Lipinski definition) is 1. The summed E-state index contributed by atoms with van der Waals surface area (Å²) in [6.45, 7) is 6.57. The van der Waals surface area contributed by atoms with Gasteiger partial charge in [0.05, 0.1) is 22.4 Å². The fourth-order valence-electron chi connectivity index (χ4n) is 2.35. The van der Waals surface area contributed by atoms with Crippen LogP contribution in [0.3, 0.4) is 0 Å². The SMILES string of the molecule is CCCN(c1ccccc1S(=O)(=O)CC)C1CNC1. The van der Waals surface area contributed by atoms with Gasteiger partial charge in [0.2, 0.25) is 0 Å². The summed E-state index contributed by atoms with van der Waals surface area (Å²) in [4.78, 5) is 2.71. The number of sulfone groups is 1. The smallest absolute Gasteiger partial charge is 0.180 e. The van der Waals surface area contributed by atoms with Crippen LogP contribution in [0.15, 0.2) is 29.2 Å². The molecule has 0 amide bonds. The number of rotatable bonds is 6. The first-order valence-corrected chi connectivity index (χ1v) is 8.54. The third-order valence-corrected chi connectivity index (χ3v) is 5.33. The zero-order valence-corrected chi connectivity index (χ0v) is 12.4.